The number of aromatic nitrogens is 2. The largest absolute Gasteiger partial charge is 0.445 e. The fourth-order valence-corrected chi connectivity index (χ4v) is 3.86. The molecule has 0 amide bonds. The van der Waals surface area contributed by atoms with Crippen LogP contribution in [0.3, 0.4) is 0 Å². The number of imidazole rings is 1. The average molecular weight is 301 g/mol. The maximum atomic E-state index is 12.5. The van der Waals surface area contributed by atoms with Gasteiger partial charge in [-0.3, -0.25) is 0 Å². The van der Waals surface area contributed by atoms with Gasteiger partial charge < -0.3 is 14.6 Å². The van der Waals surface area contributed by atoms with Gasteiger partial charge in [0, 0.05) is 24.9 Å². The van der Waals surface area contributed by atoms with Crippen molar-refractivity contribution in [1.82, 2.24) is 14.5 Å². The van der Waals surface area contributed by atoms with Gasteiger partial charge in [0.1, 0.15) is 6.10 Å². The van der Waals surface area contributed by atoms with E-state index in [1.54, 1.807) is 18.2 Å². The summed E-state index contributed by atoms with van der Waals surface area (Å²) < 4.78 is 6.78. The van der Waals surface area contributed by atoms with Crippen LogP contribution in [0.15, 0.2) is 29.1 Å². The van der Waals surface area contributed by atoms with Gasteiger partial charge in [0.05, 0.1) is 11.0 Å². The summed E-state index contributed by atoms with van der Waals surface area (Å²) >= 11 is 0. The van der Waals surface area contributed by atoms with Crippen LogP contribution in [0.25, 0.3) is 11.0 Å². The molecular weight excluding hydrogens is 282 g/mol. The SMILES string of the molecule is CN1C[C@H]2CC[C@@H]1C[C@@H]2OC(=O)n1c(=O)[nH]c2ccccc21. The summed E-state index contributed by atoms with van der Waals surface area (Å²) in [7, 11) is 2.12. The van der Waals surface area contributed by atoms with Gasteiger partial charge >= 0.3 is 11.8 Å². The summed E-state index contributed by atoms with van der Waals surface area (Å²) in [5, 5.41) is 0. The molecule has 6 nitrogen and oxygen atoms in total. The van der Waals surface area contributed by atoms with Crippen LogP contribution in [0.1, 0.15) is 19.3 Å². The fourth-order valence-electron chi connectivity index (χ4n) is 3.86. The van der Waals surface area contributed by atoms with Crippen LogP contribution in [0.4, 0.5) is 4.79 Å². The first-order valence-electron chi connectivity index (χ1n) is 7.74. The first kappa shape index (κ1) is 13.6. The van der Waals surface area contributed by atoms with E-state index in [1.807, 2.05) is 6.07 Å². The van der Waals surface area contributed by atoms with Gasteiger partial charge in [-0.15, -0.1) is 0 Å². The highest BCUT2D eigenvalue weighted by Crippen LogP contribution is 2.36. The average Bonchev–Trinajstić information content (AvgIpc) is 2.84. The van der Waals surface area contributed by atoms with Crippen molar-refractivity contribution in [3.8, 4) is 0 Å². The Kier molecular flexibility index (Phi) is 3.07. The highest BCUT2D eigenvalue weighted by molar-refractivity contribution is 5.86. The number of H-pyrrole nitrogens is 1. The van der Waals surface area contributed by atoms with Gasteiger partial charge in [-0.1, -0.05) is 12.1 Å². The quantitative estimate of drug-likeness (QED) is 0.872. The molecule has 0 unspecified atom stereocenters. The van der Waals surface area contributed by atoms with E-state index >= 15 is 0 Å². The Balaban J connectivity index is 1.60. The van der Waals surface area contributed by atoms with E-state index in [2.05, 4.69) is 16.9 Å². The predicted octanol–water partition coefficient (Wildman–Crippen LogP) is 1.80. The van der Waals surface area contributed by atoms with Gasteiger partial charge in [-0.25, -0.2) is 9.59 Å². The van der Waals surface area contributed by atoms with Crippen LogP contribution in [0, 0.1) is 5.92 Å². The topological polar surface area (TPSA) is 67.3 Å². The van der Waals surface area contributed by atoms with E-state index in [4.69, 9.17) is 4.74 Å². The molecule has 116 valence electrons. The first-order valence-corrected chi connectivity index (χ1v) is 7.74. The number of aromatic amines is 1. The Bertz CT molecular complexity index is 778. The van der Waals surface area contributed by atoms with E-state index in [0.717, 1.165) is 24.0 Å². The minimum absolute atomic E-state index is 0.0805. The number of ether oxygens (including phenoxy) is 1. The smallest absolute Gasteiger partial charge is 0.423 e. The van der Waals surface area contributed by atoms with Crippen molar-refractivity contribution in [2.45, 2.75) is 31.4 Å². The molecular formula is C16H19N3O3. The molecule has 6 heteroatoms. The van der Waals surface area contributed by atoms with Crippen LogP contribution in [0.2, 0.25) is 0 Å². The van der Waals surface area contributed by atoms with Crippen molar-refractivity contribution in [3.63, 3.8) is 0 Å². The van der Waals surface area contributed by atoms with Crippen LogP contribution in [0.5, 0.6) is 0 Å². The van der Waals surface area contributed by atoms with Crippen molar-refractivity contribution in [2.24, 2.45) is 5.92 Å². The second-order valence-electron chi connectivity index (χ2n) is 6.37. The number of carbonyl (C=O) groups excluding carboxylic acids is 1. The van der Waals surface area contributed by atoms with Gasteiger partial charge in [-0.05, 0) is 32.0 Å². The number of hydrogen-bond donors (Lipinski definition) is 1. The van der Waals surface area contributed by atoms with Crippen LogP contribution < -0.4 is 5.69 Å². The number of piperidine rings is 2. The zero-order chi connectivity index (χ0) is 15.3. The lowest BCUT2D eigenvalue weighted by Crippen LogP contribution is -2.53. The maximum absolute atomic E-state index is 12.5. The fraction of sp³-hybridized carbons (Fsp3) is 0.500. The second-order valence-corrected chi connectivity index (χ2v) is 6.37. The number of nitrogens with zero attached hydrogens (tertiary/aromatic N) is 2. The number of rotatable bonds is 1. The predicted molar refractivity (Wildman–Crippen MR) is 82.0 cm³/mol. The molecule has 3 fully saturated rings. The normalized spacial score (nSPS) is 28.1. The Morgan fingerprint density at radius 3 is 2.86 bits per heavy atom. The number of carbonyl (C=O) groups is 1. The van der Waals surface area contributed by atoms with Crippen molar-refractivity contribution in [1.29, 1.82) is 0 Å². The molecule has 22 heavy (non-hydrogen) atoms. The third kappa shape index (κ3) is 2.06. The number of benzene rings is 1. The summed E-state index contributed by atoms with van der Waals surface area (Å²) in [6.07, 6.45) is 2.48. The van der Waals surface area contributed by atoms with Crippen molar-refractivity contribution in [2.75, 3.05) is 13.6 Å². The number of hydrogen-bond acceptors (Lipinski definition) is 4. The highest BCUT2D eigenvalue weighted by Gasteiger charge is 2.41. The Morgan fingerprint density at radius 1 is 1.32 bits per heavy atom. The maximum Gasteiger partial charge on any atom is 0.423 e. The molecule has 1 aromatic heterocycles. The first-order chi connectivity index (χ1) is 10.6. The van der Waals surface area contributed by atoms with Gasteiger partial charge in [0.25, 0.3) is 0 Å². The highest BCUT2D eigenvalue weighted by atomic mass is 16.6. The molecule has 1 aliphatic carbocycles. The molecule has 3 aliphatic rings. The van der Waals surface area contributed by atoms with Crippen molar-refractivity contribution in [3.05, 3.63) is 34.7 Å². The summed E-state index contributed by atoms with van der Waals surface area (Å²) in [6, 6.07) is 7.64. The van der Waals surface area contributed by atoms with E-state index in [-0.39, 0.29) is 6.10 Å². The lowest BCUT2D eigenvalue weighted by molar-refractivity contribution is -0.0457. The number of para-hydroxylation sites is 2. The standard InChI is InChI=1S/C16H19N3O3/c1-18-9-10-6-7-11(18)8-14(10)22-16(21)19-13-5-3-2-4-12(13)17-15(19)20/h2-5,10-11,14H,6-9H2,1H3,(H,17,20)/t10-,11-,14+/m1/s1. The summed E-state index contributed by atoms with van der Waals surface area (Å²) in [5.41, 5.74) is 0.772. The van der Waals surface area contributed by atoms with Gasteiger partial charge in [-0.2, -0.15) is 4.57 Å². The Labute approximate surface area is 127 Å². The molecule has 2 saturated heterocycles. The van der Waals surface area contributed by atoms with Gasteiger partial charge in [0.15, 0.2) is 0 Å². The van der Waals surface area contributed by atoms with E-state index in [9.17, 15) is 9.59 Å². The van der Waals surface area contributed by atoms with E-state index < -0.39 is 11.8 Å². The monoisotopic (exact) mass is 301 g/mol. The molecule has 1 aromatic carbocycles. The summed E-state index contributed by atoms with van der Waals surface area (Å²) in [6.45, 7) is 0.964. The van der Waals surface area contributed by atoms with Crippen molar-refractivity contribution >= 4 is 17.1 Å². The van der Waals surface area contributed by atoms with Crippen LogP contribution >= 0.6 is 0 Å². The van der Waals surface area contributed by atoms with E-state index in [1.165, 1.54) is 6.42 Å². The molecule has 2 bridgehead atoms. The minimum Gasteiger partial charge on any atom is -0.445 e. The lowest BCUT2D eigenvalue weighted by atomic mass is 9.78. The molecule has 2 aliphatic heterocycles. The molecule has 1 saturated carbocycles. The van der Waals surface area contributed by atoms with Crippen LogP contribution in [-0.4, -0.2) is 46.3 Å². The summed E-state index contributed by atoms with van der Waals surface area (Å²) in [5.74, 6) is 0.375. The van der Waals surface area contributed by atoms with E-state index in [0.29, 0.717) is 23.0 Å². The second kappa shape index (κ2) is 4.98. The third-order valence-corrected chi connectivity index (χ3v) is 5.07. The molecule has 2 aromatic rings. The molecule has 0 radical (unpaired) electrons. The van der Waals surface area contributed by atoms with Crippen LogP contribution in [-0.2, 0) is 4.74 Å². The zero-order valence-corrected chi connectivity index (χ0v) is 12.5. The molecule has 5 rings (SSSR count). The lowest BCUT2D eigenvalue weighted by Gasteiger charge is -2.47. The molecule has 3 heterocycles. The zero-order valence-electron chi connectivity index (χ0n) is 12.5. The number of fused-ring (bicyclic) bond motifs is 4. The Morgan fingerprint density at radius 2 is 2.14 bits per heavy atom. The van der Waals surface area contributed by atoms with Gasteiger partial charge in [0.2, 0.25) is 0 Å². The van der Waals surface area contributed by atoms with Crippen molar-refractivity contribution < 1.29 is 9.53 Å². The molecule has 1 N–H and O–H groups in total. The minimum atomic E-state index is -0.567. The third-order valence-electron chi connectivity index (χ3n) is 5.07. The Hall–Kier alpha value is -2.08. The molecule has 3 atom stereocenters. The molecule has 0 spiro atoms. The summed E-state index contributed by atoms with van der Waals surface area (Å²) in [4.78, 5) is 29.5. The number of nitrogens with one attached hydrogen (secondary N) is 1.